The fraction of sp³-hybridized carbons (Fsp3) is 0.400. The van der Waals surface area contributed by atoms with Crippen LogP contribution in [0.15, 0.2) is 18.5 Å². The van der Waals surface area contributed by atoms with Gasteiger partial charge in [-0.1, -0.05) is 11.6 Å². The van der Waals surface area contributed by atoms with Gasteiger partial charge in [-0.3, -0.25) is 14.7 Å². The van der Waals surface area contributed by atoms with Gasteiger partial charge in [0.05, 0.1) is 18.1 Å². The van der Waals surface area contributed by atoms with Gasteiger partial charge in [0.1, 0.15) is 0 Å². The van der Waals surface area contributed by atoms with Crippen molar-refractivity contribution in [2.24, 2.45) is 0 Å². The average Bonchev–Trinajstić information content (AvgIpc) is 2.17. The summed E-state index contributed by atoms with van der Waals surface area (Å²) >= 11 is 5.76. The molecule has 1 N–H and O–H groups in total. The molecule has 0 unspecified atom stereocenters. The molecule has 1 rings (SSSR count). The standard InChI is InChI=1S/C10H10ClF3N2O2/c11-8-3-15-2-1-7(8)4-16(5-9(17)18)6-10(12,13)14/h1-3H,4-6H2,(H,17,18). The summed E-state index contributed by atoms with van der Waals surface area (Å²) in [6.45, 7) is -2.22. The molecule has 0 saturated heterocycles. The molecule has 0 radical (unpaired) electrons. The first kappa shape index (κ1) is 14.7. The molecule has 4 nitrogen and oxygen atoms in total. The lowest BCUT2D eigenvalue weighted by molar-refractivity contribution is -0.154. The molecule has 18 heavy (non-hydrogen) atoms. The summed E-state index contributed by atoms with van der Waals surface area (Å²) in [6.07, 6.45) is -1.79. The summed E-state index contributed by atoms with van der Waals surface area (Å²) in [5.41, 5.74) is 0.400. The second kappa shape index (κ2) is 6.01. The second-order valence-corrected chi connectivity index (χ2v) is 4.03. The van der Waals surface area contributed by atoms with Crippen molar-refractivity contribution in [3.05, 3.63) is 29.0 Å². The molecule has 0 atom stereocenters. The molecule has 0 bridgehead atoms. The van der Waals surface area contributed by atoms with Crippen molar-refractivity contribution >= 4 is 17.6 Å². The van der Waals surface area contributed by atoms with Crippen LogP contribution in [-0.2, 0) is 11.3 Å². The van der Waals surface area contributed by atoms with Crippen LogP contribution in [0.25, 0.3) is 0 Å². The van der Waals surface area contributed by atoms with Gasteiger partial charge < -0.3 is 5.11 Å². The molecule has 1 heterocycles. The Morgan fingerprint density at radius 2 is 2.17 bits per heavy atom. The number of rotatable bonds is 5. The van der Waals surface area contributed by atoms with Gasteiger partial charge in [-0.05, 0) is 11.6 Å². The van der Waals surface area contributed by atoms with Crippen molar-refractivity contribution in [3.8, 4) is 0 Å². The highest BCUT2D eigenvalue weighted by molar-refractivity contribution is 6.31. The Bertz CT molecular complexity index is 426. The van der Waals surface area contributed by atoms with Crippen LogP contribution in [0.2, 0.25) is 5.02 Å². The minimum Gasteiger partial charge on any atom is -0.480 e. The van der Waals surface area contributed by atoms with Crippen LogP contribution in [0.4, 0.5) is 13.2 Å². The number of carbonyl (C=O) groups is 1. The van der Waals surface area contributed by atoms with Gasteiger partial charge in [0.2, 0.25) is 0 Å². The Balaban J connectivity index is 2.78. The van der Waals surface area contributed by atoms with Crippen molar-refractivity contribution in [3.63, 3.8) is 0 Å². The minimum absolute atomic E-state index is 0.201. The normalized spacial score (nSPS) is 11.8. The topological polar surface area (TPSA) is 53.4 Å². The number of hydrogen-bond acceptors (Lipinski definition) is 3. The largest absolute Gasteiger partial charge is 0.480 e. The third-order valence-corrected chi connectivity index (χ3v) is 2.35. The Labute approximate surface area is 106 Å². The molecule has 1 aromatic rings. The van der Waals surface area contributed by atoms with Gasteiger partial charge in [0, 0.05) is 18.9 Å². The zero-order chi connectivity index (χ0) is 13.8. The van der Waals surface area contributed by atoms with Crippen LogP contribution >= 0.6 is 11.6 Å². The molecular formula is C10H10ClF3N2O2. The molecular weight excluding hydrogens is 273 g/mol. The maximum atomic E-state index is 12.3. The summed E-state index contributed by atoms with van der Waals surface area (Å²) in [6, 6.07) is 1.45. The van der Waals surface area contributed by atoms with Gasteiger partial charge in [-0.15, -0.1) is 0 Å². The van der Waals surface area contributed by atoms with Crippen LogP contribution < -0.4 is 0 Å². The number of alkyl halides is 3. The van der Waals surface area contributed by atoms with Crippen LogP contribution in [0.5, 0.6) is 0 Å². The third-order valence-electron chi connectivity index (χ3n) is 2.01. The van der Waals surface area contributed by atoms with Crippen molar-refractivity contribution in [1.82, 2.24) is 9.88 Å². The quantitative estimate of drug-likeness (QED) is 0.899. The number of aliphatic carboxylic acids is 1. The Morgan fingerprint density at radius 1 is 1.50 bits per heavy atom. The van der Waals surface area contributed by atoms with E-state index in [1.54, 1.807) is 0 Å². The lowest BCUT2D eigenvalue weighted by atomic mass is 10.2. The molecule has 0 spiro atoms. The lowest BCUT2D eigenvalue weighted by Crippen LogP contribution is -2.37. The van der Waals surface area contributed by atoms with E-state index >= 15 is 0 Å². The summed E-state index contributed by atoms with van der Waals surface area (Å²) in [5, 5.41) is 8.78. The molecule has 8 heteroatoms. The van der Waals surface area contributed by atoms with Crippen LogP contribution in [0.3, 0.4) is 0 Å². The van der Waals surface area contributed by atoms with E-state index in [4.69, 9.17) is 16.7 Å². The molecule has 0 amide bonds. The highest BCUT2D eigenvalue weighted by atomic mass is 35.5. The number of halogens is 4. The van der Waals surface area contributed by atoms with Crippen molar-refractivity contribution in [1.29, 1.82) is 0 Å². The highest BCUT2D eigenvalue weighted by Gasteiger charge is 2.31. The molecule has 1 aromatic heterocycles. The molecule has 100 valence electrons. The molecule has 0 aliphatic heterocycles. The fourth-order valence-electron chi connectivity index (χ4n) is 1.39. The first-order valence-corrected chi connectivity index (χ1v) is 5.25. The lowest BCUT2D eigenvalue weighted by Gasteiger charge is -2.22. The number of carboxylic acids is 1. The van der Waals surface area contributed by atoms with Crippen molar-refractivity contribution < 1.29 is 23.1 Å². The second-order valence-electron chi connectivity index (χ2n) is 3.62. The first-order chi connectivity index (χ1) is 8.28. The van der Waals surface area contributed by atoms with E-state index in [1.165, 1.54) is 18.5 Å². The zero-order valence-electron chi connectivity index (χ0n) is 9.12. The highest BCUT2D eigenvalue weighted by Crippen LogP contribution is 2.20. The number of nitrogens with zero attached hydrogens (tertiary/aromatic N) is 2. The summed E-state index contributed by atoms with van der Waals surface area (Å²) in [7, 11) is 0. The molecule has 0 aromatic carbocycles. The van der Waals surface area contributed by atoms with Gasteiger partial charge in [-0.2, -0.15) is 13.2 Å². The number of hydrogen-bond donors (Lipinski definition) is 1. The van der Waals surface area contributed by atoms with E-state index in [0.29, 0.717) is 5.56 Å². The summed E-state index contributed by atoms with van der Waals surface area (Å²) < 4.78 is 36.8. The van der Waals surface area contributed by atoms with E-state index in [-0.39, 0.29) is 11.6 Å². The van der Waals surface area contributed by atoms with E-state index < -0.39 is 25.2 Å². The monoisotopic (exact) mass is 282 g/mol. The Morgan fingerprint density at radius 3 is 2.67 bits per heavy atom. The van der Waals surface area contributed by atoms with Gasteiger partial charge in [0.15, 0.2) is 0 Å². The van der Waals surface area contributed by atoms with Crippen molar-refractivity contribution in [2.45, 2.75) is 12.7 Å². The number of pyridine rings is 1. The van der Waals surface area contributed by atoms with Crippen molar-refractivity contribution in [2.75, 3.05) is 13.1 Å². The smallest absolute Gasteiger partial charge is 0.401 e. The fourth-order valence-corrected chi connectivity index (χ4v) is 1.56. The van der Waals surface area contributed by atoms with Crippen LogP contribution in [0, 0.1) is 0 Å². The Hall–Kier alpha value is -1.34. The number of carboxylic acid groups (broad SMARTS) is 1. The predicted molar refractivity (Wildman–Crippen MR) is 58.2 cm³/mol. The van der Waals surface area contributed by atoms with E-state index in [2.05, 4.69) is 4.98 Å². The Kier molecular flexibility index (Phi) is 4.92. The first-order valence-electron chi connectivity index (χ1n) is 4.87. The van der Waals surface area contributed by atoms with Crippen LogP contribution in [-0.4, -0.2) is 40.2 Å². The SMILES string of the molecule is O=C(O)CN(Cc1ccncc1Cl)CC(F)(F)F. The van der Waals surface area contributed by atoms with E-state index in [0.717, 1.165) is 4.90 Å². The summed E-state index contributed by atoms with van der Waals surface area (Å²) in [4.78, 5) is 15.0. The molecule has 0 aliphatic carbocycles. The van der Waals surface area contributed by atoms with Gasteiger partial charge in [0.25, 0.3) is 0 Å². The van der Waals surface area contributed by atoms with Gasteiger partial charge in [-0.25, -0.2) is 0 Å². The molecule has 0 aliphatic rings. The molecule has 0 saturated carbocycles. The van der Waals surface area contributed by atoms with E-state index in [9.17, 15) is 18.0 Å². The average molecular weight is 283 g/mol. The third kappa shape index (κ3) is 5.33. The number of aromatic nitrogens is 1. The predicted octanol–water partition coefficient (Wildman–Crippen LogP) is 2.18. The summed E-state index contributed by atoms with van der Waals surface area (Å²) in [5.74, 6) is -1.33. The van der Waals surface area contributed by atoms with Gasteiger partial charge >= 0.3 is 12.1 Å². The maximum absolute atomic E-state index is 12.3. The maximum Gasteiger partial charge on any atom is 0.401 e. The molecule has 0 fully saturated rings. The van der Waals surface area contributed by atoms with Crippen LogP contribution in [0.1, 0.15) is 5.56 Å². The van der Waals surface area contributed by atoms with E-state index in [1.807, 2.05) is 0 Å². The minimum atomic E-state index is -4.46. The zero-order valence-corrected chi connectivity index (χ0v) is 9.87.